The molecule has 0 spiro atoms. The first-order valence-electron chi connectivity index (χ1n) is 17.8. The number of rotatable bonds is 14. The molecule has 1 aliphatic carbocycles. The molecule has 2 aliphatic rings. The number of hydrogen-bond acceptors (Lipinski definition) is 12. The highest BCUT2D eigenvalue weighted by atomic mass is 35.5. The largest absolute Gasteiger partial charge is 0.480 e. The summed E-state index contributed by atoms with van der Waals surface area (Å²) in [6.07, 6.45) is 3.95. The van der Waals surface area contributed by atoms with E-state index in [1.807, 2.05) is 48.5 Å². The lowest BCUT2D eigenvalue weighted by Gasteiger charge is -2.24. The molecule has 15 heteroatoms. The highest BCUT2D eigenvalue weighted by Gasteiger charge is 2.33. The summed E-state index contributed by atoms with van der Waals surface area (Å²) < 4.78 is 18.3. The Labute approximate surface area is 333 Å². The fourth-order valence-corrected chi connectivity index (χ4v) is 7.21. The van der Waals surface area contributed by atoms with E-state index in [0.717, 1.165) is 45.8 Å². The Kier molecular flexibility index (Phi) is 11.4. The molecule has 56 heavy (non-hydrogen) atoms. The monoisotopic (exact) mass is 793 g/mol. The van der Waals surface area contributed by atoms with Gasteiger partial charge in [0, 0.05) is 47.7 Å². The molecule has 0 saturated heterocycles. The highest BCUT2D eigenvalue weighted by molar-refractivity contribution is 6.36. The number of hydrogen-bond donors (Lipinski definition) is 4. The van der Waals surface area contributed by atoms with Crippen molar-refractivity contribution in [2.24, 2.45) is 4.99 Å². The molecule has 2 aromatic carbocycles. The van der Waals surface area contributed by atoms with E-state index in [0.29, 0.717) is 52.7 Å². The van der Waals surface area contributed by atoms with Crippen LogP contribution in [0.25, 0.3) is 22.4 Å². The standard InChI is InChI=1S/C41H37Cl2N7O6/c1-41(22-51,40(52)53)48-20-25-16-32(42)39(50-37(25)55-21-24-15-23(17-44)18-45-19-24)56-34-12-10-27-26(5-3-6-28(27)34)29-7-4-8-30(35(29)43)33-11-9-31(38(49-33)54-2)36-46-13-14-47-36/h3-9,11,15-16,18-19,34,48,51H,10,12-14,20-22H2,1-2H3,(H,46,47)(H,52,53)/t34-,41?/m0/s1. The van der Waals surface area contributed by atoms with Crippen molar-refractivity contribution in [2.45, 2.75) is 44.6 Å². The lowest BCUT2D eigenvalue weighted by Crippen LogP contribution is -2.52. The van der Waals surface area contributed by atoms with Crippen LogP contribution in [-0.4, -0.2) is 69.3 Å². The number of ether oxygens (including phenoxy) is 3. The van der Waals surface area contributed by atoms with Crippen molar-refractivity contribution in [1.82, 2.24) is 25.6 Å². The maximum absolute atomic E-state index is 11.9. The van der Waals surface area contributed by atoms with Crippen LogP contribution in [0.5, 0.6) is 17.6 Å². The van der Waals surface area contributed by atoms with Crippen LogP contribution in [0.15, 0.2) is 78.0 Å². The van der Waals surface area contributed by atoms with Crippen molar-refractivity contribution in [1.29, 1.82) is 5.26 Å². The number of aliphatic imine (C=N–C) groups is 1. The number of benzene rings is 2. The molecule has 0 fully saturated rings. The summed E-state index contributed by atoms with van der Waals surface area (Å²) in [7, 11) is 1.58. The Morgan fingerprint density at radius 1 is 1.04 bits per heavy atom. The van der Waals surface area contributed by atoms with Gasteiger partial charge in [0.1, 0.15) is 35.2 Å². The summed E-state index contributed by atoms with van der Waals surface area (Å²) in [5.74, 6) is 0.241. The number of carbonyl (C=O) groups is 1. The molecule has 5 aromatic rings. The molecule has 0 amide bonds. The maximum Gasteiger partial charge on any atom is 0.326 e. The second kappa shape index (κ2) is 16.5. The van der Waals surface area contributed by atoms with Gasteiger partial charge in [0.15, 0.2) is 0 Å². The molecule has 0 bridgehead atoms. The predicted molar refractivity (Wildman–Crippen MR) is 210 cm³/mol. The van der Waals surface area contributed by atoms with E-state index in [1.165, 1.54) is 13.1 Å². The van der Waals surface area contributed by atoms with Gasteiger partial charge in [0.25, 0.3) is 0 Å². The van der Waals surface area contributed by atoms with Gasteiger partial charge < -0.3 is 29.7 Å². The number of fused-ring (bicyclic) bond motifs is 1. The zero-order chi connectivity index (χ0) is 39.4. The van der Waals surface area contributed by atoms with Gasteiger partial charge in [-0.2, -0.15) is 10.2 Å². The summed E-state index contributed by atoms with van der Waals surface area (Å²) in [4.78, 5) is 29.9. The van der Waals surface area contributed by atoms with Gasteiger partial charge in [-0.1, -0.05) is 59.6 Å². The molecule has 0 saturated carbocycles. The minimum Gasteiger partial charge on any atom is -0.480 e. The normalized spacial score (nSPS) is 15.6. The number of methoxy groups -OCH3 is 1. The molecule has 3 aromatic heterocycles. The van der Waals surface area contributed by atoms with E-state index in [2.05, 4.69) is 31.7 Å². The molecular weight excluding hydrogens is 757 g/mol. The average molecular weight is 795 g/mol. The Bertz CT molecular complexity index is 2390. The predicted octanol–water partition coefficient (Wildman–Crippen LogP) is 6.31. The first-order valence-corrected chi connectivity index (χ1v) is 18.5. The number of aromatic nitrogens is 3. The molecule has 1 unspecified atom stereocenters. The first-order chi connectivity index (χ1) is 27.1. The molecule has 13 nitrogen and oxygen atoms in total. The summed E-state index contributed by atoms with van der Waals surface area (Å²) in [6, 6.07) is 21.1. The molecule has 4 heterocycles. The average Bonchev–Trinajstić information content (AvgIpc) is 3.91. The number of amidine groups is 1. The molecule has 0 radical (unpaired) electrons. The fourth-order valence-electron chi connectivity index (χ4n) is 6.67. The van der Waals surface area contributed by atoms with E-state index in [1.54, 1.807) is 25.4 Å². The van der Waals surface area contributed by atoms with E-state index in [9.17, 15) is 20.3 Å². The fraction of sp³-hybridized carbons (Fsp3) is 0.268. The molecular formula is C41H37Cl2N7O6. The number of carboxylic acid groups (broad SMARTS) is 1. The molecule has 7 rings (SSSR count). The van der Waals surface area contributed by atoms with Crippen LogP contribution in [0.3, 0.4) is 0 Å². The molecule has 4 N–H and O–H groups in total. The van der Waals surface area contributed by atoms with Gasteiger partial charge in [-0.15, -0.1) is 0 Å². The number of aliphatic hydroxyl groups excluding tert-OH is 1. The van der Waals surface area contributed by atoms with E-state index >= 15 is 0 Å². The summed E-state index contributed by atoms with van der Waals surface area (Å²) >= 11 is 13.9. The van der Waals surface area contributed by atoms with Crippen LogP contribution >= 0.6 is 23.2 Å². The van der Waals surface area contributed by atoms with Crippen LogP contribution in [0, 0.1) is 11.3 Å². The van der Waals surface area contributed by atoms with Crippen LogP contribution in [0.2, 0.25) is 10.0 Å². The number of halogens is 2. The Morgan fingerprint density at radius 2 is 1.84 bits per heavy atom. The van der Waals surface area contributed by atoms with Crippen molar-refractivity contribution in [2.75, 3.05) is 26.8 Å². The zero-order valence-corrected chi connectivity index (χ0v) is 32.0. The number of nitriles is 1. The summed E-state index contributed by atoms with van der Waals surface area (Å²) in [5.41, 5.74) is 5.87. The number of nitrogens with one attached hydrogen (secondary N) is 2. The van der Waals surface area contributed by atoms with Gasteiger partial charge in [-0.25, -0.2) is 4.98 Å². The second-order valence-corrected chi connectivity index (χ2v) is 14.3. The van der Waals surface area contributed by atoms with Crippen molar-refractivity contribution in [3.05, 3.63) is 116 Å². The van der Waals surface area contributed by atoms with Gasteiger partial charge in [0.2, 0.25) is 17.6 Å². The maximum atomic E-state index is 11.9. The van der Waals surface area contributed by atoms with Gasteiger partial charge in [-0.3, -0.25) is 20.1 Å². The van der Waals surface area contributed by atoms with Crippen LogP contribution in [-0.2, 0) is 24.4 Å². The van der Waals surface area contributed by atoms with Crippen LogP contribution in [0.4, 0.5) is 0 Å². The number of carboxylic acids is 1. The SMILES string of the molecule is COc1nc(-c2cccc(-c3cccc4c3CC[C@@H]4Oc3nc(OCc4cncc(C#N)c4)c(CNC(C)(CO)C(=O)O)cc3Cl)c2Cl)ccc1C1=NCCN1. The zero-order valence-electron chi connectivity index (χ0n) is 30.5. The van der Waals surface area contributed by atoms with Gasteiger partial charge in [0.05, 0.1) is 42.1 Å². The summed E-state index contributed by atoms with van der Waals surface area (Å²) in [5, 5.41) is 35.7. The van der Waals surface area contributed by atoms with Crippen molar-refractivity contribution >= 4 is 35.0 Å². The van der Waals surface area contributed by atoms with Crippen molar-refractivity contribution in [3.63, 3.8) is 0 Å². The minimum atomic E-state index is -1.63. The number of pyridine rings is 3. The second-order valence-electron chi connectivity index (χ2n) is 13.5. The Balaban J connectivity index is 1.17. The van der Waals surface area contributed by atoms with Crippen molar-refractivity contribution < 1.29 is 29.2 Å². The summed E-state index contributed by atoms with van der Waals surface area (Å²) in [6.45, 7) is 2.15. The van der Waals surface area contributed by atoms with E-state index < -0.39 is 24.2 Å². The lowest BCUT2D eigenvalue weighted by atomic mass is 9.94. The number of aliphatic hydroxyl groups is 1. The minimum absolute atomic E-state index is 0.00812. The number of nitrogens with zero attached hydrogens (tertiary/aromatic N) is 5. The number of aliphatic carboxylic acids is 1. The van der Waals surface area contributed by atoms with E-state index in [-0.39, 0.29) is 29.9 Å². The van der Waals surface area contributed by atoms with Gasteiger partial charge in [-0.05, 0) is 60.7 Å². The van der Waals surface area contributed by atoms with Gasteiger partial charge >= 0.3 is 5.97 Å². The molecule has 1 aliphatic heterocycles. The highest BCUT2D eigenvalue weighted by Crippen LogP contribution is 2.45. The Hall–Kier alpha value is -5.78. The topological polar surface area (TPSA) is 184 Å². The first kappa shape index (κ1) is 38.5. The van der Waals surface area contributed by atoms with Crippen LogP contribution in [0.1, 0.15) is 52.8 Å². The molecule has 286 valence electrons. The van der Waals surface area contributed by atoms with Crippen LogP contribution < -0.4 is 24.8 Å². The quantitative estimate of drug-likeness (QED) is 0.0984. The third-order valence-corrected chi connectivity index (χ3v) is 10.4. The molecule has 2 atom stereocenters. The van der Waals surface area contributed by atoms with E-state index in [4.69, 9.17) is 42.4 Å². The third-order valence-electron chi connectivity index (χ3n) is 9.76. The smallest absolute Gasteiger partial charge is 0.326 e. The lowest BCUT2D eigenvalue weighted by molar-refractivity contribution is -0.145. The third kappa shape index (κ3) is 7.82. The Morgan fingerprint density at radius 3 is 2.59 bits per heavy atom. The van der Waals surface area contributed by atoms with Crippen molar-refractivity contribution in [3.8, 4) is 46.1 Å².